The molecule has 4 nitrogen and oxygen atoms in total. The first-order chi connectivity index (χ1) is 32.1. The Labute approximate surface area is 445 Å². The van der Waals surface area contributed by atoms with Gasteiger partial charge in [0, 0.05) is 44.0 Å². The third-order valence-corrected chi connectivity index (χ3v) is 15.7. The molecule has 6 rings (SSSR count). The number of piperidine rings is 2. The Hall–Kier alpha value is -3.54. The van der Waals surface area contributed by atoms with E-state index in [1.807, 2.05) is 60.7 Å². The fourth-order valence-corrected chi connectivity index (χ4v) is 11.7. The topological polar surface area (TPSA) is 40.6 Å². The van der Waals surface area contributed by atoms with Gasteiger partial charge in [-0.05, 0) is 146 Å². The van der Waals surface area contributed by atoms with Crippen molar-refractivity contribution in [2.24, 2.45) is 34.5 Å². The molecule has 4 aromatic carbocycles. The van der Waals surface area contributed by atoms with Gasteiger partial charge in [-0.3, -0.25) is 9.59 Å². The summed E-state index contributed by atoms with van der Waals surface area (Å²) in [4.78, 5) is 33.2. The summed E-state index contributed by atoms with van der Waals surface area (Å²) in [5, 5.41) is 2.85. The first-order valence-electron chi connectivity index (χ1n) is 25.0. The molecule has 2 aliphatic rings. The van der Waals surface area contributed by atoms with Crippen LogP contribution in [0.4, 0.5) is 0 Å². The van der Waals surface area contributed by atoms with Crippen LogP contribution < -0.4 is 0 Å². The summed E-state index contributed by atoms with van der Waals surface area (Å²) >= 11 is 25.4. The first kappa shape index (κ1) is 60.8. The fraction of sp³-hybridized carbons (Fsp3) is 0.516. The zero-order valence-electron chi connectivity index (χ0n) is 42.5. The smallest absolute Gasteiger partial charge is 0.229 e. The van der Waals surface area contributed by atoms with Crippen molar-refractivity contribution >= 4 is 58.2 Å². The highest BCUT2D eigenvalue weighted by Gasteiger charge is 2.53. The van der Waals surface area contributed by atoms with Gasteiger partial charge in [-0.1, -0.05) is 191 Å². The summed E-state index contributed by atoms with van der Waals surface area (Å²) in [6.45, 7) is 30.2. The lowest BCUT2D eigenvalue weighted by molar-refractivity contribution is -0.157. The van der Waals surface area contributed by atoms with Gasteiger partial charge >= 0.3 is 0 Å². The number of benzene rings is 4. The van der Waals surface area contributed by atoms with Gasteiger partial charge in [0.25, 0.3) is 0 Å². The fourth-order valence-electron chi connectivity index (χ4n) is 11.1. The number of rotatable bonds is 18. The number of amides is 2. The van der Waals surface area contributed by atoms with E-state index in [2.05, 4.69) is 141 Å². The van der Waals surface area contributed by atoms with Gasteiger partial charge in [0.05, 0.1) is 22.9 Å². The summed E-state index contributed by atoms with van der Waals surface area (Å²) in [6, 6.07) is 32.5. The van der Waals surface area contributed by atoms with Crippen LogP contribution in [0.2, 0.25) is 20.1 Å². The molecule has 2 fully saturated rings. The van der Waals surface area contributed by atoms with Gasteiger partial charge in [0.2, 0.25) is 11.8 Å². The molecule has 0 saturated carbocycles. The van der Waals surface area contributed by atoms with E-state index >= 15 is 0 Å². The van der Waals surface area contributed by atoms with E-state index in [9.17, 15) is 9.59 Å². The largest absolute Gasteiger partial charge is 0.331 e. The van der Waals surface area contributed by atoms with Gasteiger partial charge in [0.15, 0.2) is 0 Å². The normalized spacial score (nSPS) is 23.3. The second-order valence-corrected chi connectivity index (χ2v) is 23.6. The van der Waals surface area contributed by atoms with Crippen LogP contribution in [0, 0.1) is 34.5 Å². The molecule has 0 aromatic heterocycles. The average molecular weight is 1030 g/mol. The lowest BCUT2D eigenvalue weighted by atomic mass is 9.66. The molecule has 8 atom stereocenters. The molecular formula is C62H86Cl4N2O2. The Kier molecular flexibility index (Phi) is 23.4. The molecule has 70 heavy (non-hydrogen) atoms. The highest BCUT2D eigenvalue weighted by Crippen LogP contribution is 2.55. The molecule has 384 valence electrons. The van der Waals surface area contributed by atoms with Crippen molar-refractivity contribution < 1.29 is 9.59 Å². The molecule has 0 bridgehead atoms. The number of likely N-dealkylation sites (tertiary alicyclic amines) is 2. The standard InChI is InChI=1S/2C30H39Cl2NO.2CH4/c2*1-7-17-30(6)19-26(23-9-8-10-25(32)18-23)28(22-12-14-24(31)15-13-22)33(29(30)34)27(21(4)5)16-11-20(2)3;;/h2*7-10,12-15,18,20-21,26-28H,1,11,16-17,19H2,2-6H3;2*1H4/t2*26-,27-,28-,30+;;/m11../s1. The predicted octanol–water partition coefficient (Wildman–Crippen LogP) is 19.5. The minimum atomic E-state index is -0.511. The molecular weight excluding hydrogens is 947 g/mol. The summed E-state index contributed by atoms with van der Waals surface area (Å²) in [5.41, 5.74) is 3.57. The lowest BCUT2D eigenvalue weighted by Gasteiger charge is -2.53. The third kappa shape index (κ3) is 14.8. The minimum Gasteiger partial charge on any atom is -0.331 e. The molecule has 2 aliphatic heterocycles. The molecule has 2 amide bonds. The van der Waals surface area contributed by atoms with E-state index in [1.165, 1.54) is 11.1 Å². The van der Waals surface area contributed by atoms with Crippen molar-refractivity contribution in [1.82, 2.24) is 9.80 Å². The number of hydrogen-bond acceptors (Lipinski definition) is 2. The van der Waals surface area contributed by atoms with Gasteiger partial charge < -0.3 is 9.80 Å². The molecule has 0 spiro atoms. The van der Waals surface area contributed by atoms with E-state index in [-0.39, 0.29) is 62.7 Å². The van der Waals surface area contributed by atoms with Crippen LogP contribution in [0.15, 0.2) is 122 Å². The van der Waals surface area contributed by atoms with Crippen LogP contribution in [0.3, 0.4) is 0 Å². The van der Waals surface area contributed by atoms with Crippen molar-refractivity contribution in [3.63, 3.8) is 0 Å². The van der Waals surface area contributed by atoms with E-state index in [1.54, 1.807) is 0 Å². The van der Waals surface area contributed by atoms with E-state index in [0.29, 0.717) is 46.6 Å². The summed E-state index contributed by atoms with van der Waals surface area (Å²) in [7, 11) is 0. The van der Waals surface area contributed by atoms with E-state index < -0.39 is 10.8 Å². The lowest BCUT2D eigenvalue weighted by Crippen LogP contribution is -2.56. The second-order valence-electron chi connectivity index (χ2n) is 21.8. The van der Waals surface area contributed by atoms with Gasteiger partial charge in [-0.25, -0.2) is 0 Å². The monoisotopic (exact) mass is 1030 g/mol. The van der Waals surface area contributed by atoms with Crippen molar-refractivity contribution in [2.45, 2.75) is 171 Å². The minimum absolute atomic E-state index is 0. The molecule has 2 saturated heterocycles. The Morgan fingerprint density at radius 3 is 1.11 bits per heavy atom. The maximum atomic E-state index is 14.3. The molecule has 0 radical (unpaired) electrons. The van der Waals surface area contributed by atoms with Crippen LogP contribution >= 0.6 is 46.4 Å². The van der Waals surface area contributed by atoms with Crippen LogP contribution in [-0.2, 0) is 9.59 Å². The van der Waals surface area contributed by atoms with Crippen molar-refractivity contribution in [3.05, 3.63) is 165 Å². The third-order valence-electron chi connectivity index (χ3n) is 14.7. The van der Waals surface area contributed by atoms with Crippen LogP contribution in [0.1, 0.15) is 182 Å². The zero-order chi connectivity index (χ0) is 50.1. The number of halogens is 4. The Morgan fingerprint density at radius 2 is 0.843 bits per heavy atom. The highest BCUT2D eigenvalue weighted by atomic mass is 35.5. The summed E-state index contributed by atoms with van der Waals surface area (Å²) in [5.74, 6) is 2.52. The number of nitrogens with zero attached hydrogens (tertiary/aromatic N) is 2. The van der Waals surface area contributed by atoms with Gasteiger partial charge in [0.1, 0.15) is 0 Å². The number of carbonyl (C=O) groups excluding carboxylic acids is 2. The van der Waals surface area contributed by atoms with E-state index in [4.69, 9.17) is 46.4 Å². The summed E-state index contributed by atoms with van der Waals surface area (Å²) in [6.07, 6.45) is 10.7. The maximum absolute atomic E-state index is 14.3. The Bertz CT molecular complexity index is 2130. The SMILES string of the molecule is C.C.C=CC[C@@]1(C)C[C@H](c2cccc(Cl)c2)[C@@H](c2ccc(Cl)cc2)N([C@H](CCC(C)C)C(C)C)C1=O.C=CC[C@@]1(C)C[C@H](c2cccc(Cl)c2)[C@@H](c2ccc(Cl)cc2)N([C@H](CCC(C)C)C(C)C)C1=O. The highest BCUT2D eigenvalue weighted by molar-refractivity contribution is 6.31. The van der Waals surface area contributed by atoms with Gasteiger partial charge in [-0.15, -0.1) is 13.2 Å². The molecule has 0 aliphatic carbocycles. The summed E-state index contributed by atoms with van der Waals surface area (Å²) < 4.78 is 0. The van der Waals surface area contributed by atoms with Gasteiger partial charge in [-0.2, -0.15) is 0 Å². The molecule has 8 heteroatoms. The quantitative estimate of drug-likeness (QED) is 0.0932. The number of carbonyl (C=O) groups is 2. The Morgan fingerprint density at radius 1 is 0.514 bits per heavy atom. The predicted molar refractivity (Wildman–Crippen MR) is 304 cm³/mol. The van der Waals surface area contributed by atoms with Crippen molar-refractivity contribution in [1.29, 1.82) is 0 Å². The number of hydrogen-bond donors (Lipinski definition) is 0. The first-order valence-corrected chi connectivity index (χ1v) is 26.5. The second kappa shape index (κ2) is 27.0. The number of allylic oxidation sites excluding steroid dienone is 2. The van der Waals surface area contributed by atoms with Crippen LogP contribution in [0.25, 0.3) is 0 Å². The maximum Gasteiger partial charge on any atom is 0.229 e. The van der Waals surface area contributed by atoms with E-state index in [0.717, 1.165) is 59.7 Å². The Balaban J connectivity index is 0.000000360. The van der Waals surface area contributed by atoms with Crippen molar-refractivity contribution in [3.8, 4) is 0 Å². The zero-order valence-corrected chi connectivity index (χ0v) is 45.5. The van der Waals surface area contributed by atoms with Crippen LogP contribution in [0.5, 0.6) is 0 Å². The molecule has 4 aromatic rings. The molecule has 0 unspecified atom stereocenters. The van der Waals surface area contributed by atoms with Crippen LogP contribution in [-0.4, -0.2) is 33.7 Å². The van der Waals surface area contributed by atoms with Crippen molar-refractivity contribution in [2.75, 3.05) is 0 Å². The molecule has 2 heterocycles. The molecule has 0 N–H and O–H groups in total. The average Bonchev–Trinajstić information content (AvgIpc) is 3.27.